The molecule has 20 heavy (non-hydrogen) atoms. The van der Waals surface area contributed by atoms with Gasteiger partial charge in [0.1, 0.15) is 12.6 Å². The fraction of sp³-hybridized carbons (Fsp3) is 0.364. The number of likely N-dealkylation sites (N-methyl/N-ethyl adjacent to an activating group) is 1. The Bertz CT molecular complexity index is 494. The summed E-state index contributed by atoms with van der Waals surface area (Å²) in [4.78, 5) is 11.2. The van der Waals surface area contributed by atoms with E-state index in [0.29, 0.717) is 0 Å². The zero-order chi connectivity index (χ0) is 15.4. The number of benzene rings is 1. The Morgan fingerprint density at radius 3 is 1.90 bits per heavy atom. The first-order valence-electron chi connectivity index (χ1n) is 5.24. The minimum absolute atomic E-state index is 0.679. The Kier molecular flexibility index (Phi) is 5.26. The van der Waals surface area contributed by atoms with E-state index in [-0.39, 0.29) is 0 Å². The maximum atomic E-state index is 13.3. The third-order valence-electron chi connectivity index (χ3n) is 2.40. The number of esters is 1. The number of hydrogen-bond donors (Lipinski definition) is 1. The predicted molar refractivity (Wildman–Crippen MR) is 56.6 cm³/mol. The van der Waals surface area contributed by atoms with Crippen molar-refractivity contribution < 1.29 is 36.2 Å². The average molecular weight is 299 g/mol. The molecule has 0 radical (unpaired) electrons. The van der Waals surface area contributed by atoms with Crippen LogP contribution in [0.15, 0.2) is 0 Å². The second kappa shape index (κ2) is 6.51. The second-order valence-corrected chi connectivity index (χ2v) is 3.57. The summed E-state index contributed by atoms with van der Waals surface area (Å²) in [7, 11) is 2.38. The molecule has 1 aromatic carbocycles. The molecular weight excluding hydrogens is 289 g/mol. The highest BCUT2D eigenvalue weighted by molar-refractivity contribution is 5.75. The number of hydrogen-bond acceptors (Lipinski definition) is 4. The van der Waals surface area contributed by atoms with E-state index in [0.717, 1.165) is 7.11 Å². The van der Waals surface area contributed by atoms with Crippen LogP contribution in [0.4, 0.5) is 22.0 Å². The number of methoxy groups -OCH3 is 1. The van der Waals surface area contributed by atoms with Crippen molar-refractivity contribution in [2.75, 3.05) is 20.8 Å². The van der Waals surface area contributed by atoms with Gasteiger partial charge in [-0.25, -0.2) is 13.2 Å². The molecule has 9 heteroatoms. The van der Waals surface area contributed by atoms with Gasteiger partial charge >= 0.3 is 5.97 Å². The van der Waals surface area contributed by atoms with Gasteiger partial charge in [-0.15, -0.1) is 0 Å². The lowest BCUT2D eigenvalue weighted by atomic mass is 10.2. The van der Waals surface area contributed by atoms with Gasteiger partial charge < -0.3 is 14.8 Å². The lowest BCUT2D eigenvalue weighted by molar-refractivity contribution is -0.143. The average Bonchev–Trinajstić information content (AvgIpc) is 2.46. The Morgan fingerprint density at radius 2 is 1.50 bits per heavy atom. The Morgan fingerprint density at radius 1 is 1.05 bits per heavy atom. The van der Waals surface area contributed by atoms with Crippen molar-refractivity contribution in [3.63, 3.8) is 0 Å². The van der Waals surface area contributed by atoms with Gasteiger partial charge in [0.2, 0.25) is 29.1 Å². The second-order valence-electron chi connectivity index (χ2n) is 3.57. The van der Waals surface area contributed by atoms with Gasteiger partial charge in [-0.1, -0.05) is 0 Å². The number of nitrogens with one attached hydrogen (secondary N) is 1. The normalized spacial score (nSPS) is 12.2. The van der Waals surface area contributed by atoms with E-state index in [1.807, 2.05) is 0 Å². The Labute approximate surface area is 110 Å². The third kappa shape index (κ3) is 2.98. The van der Waals surface area contributed by atoms with E-state index in [1.54, 1.807) is 0 Å². The topological polar surface area (TPSA) is 47.6 Å². The van der Waals surface area contributed by atoms with Gasteiger partial charge in [0.15, 0.2) is 5.75 Å². The van der Waals surface area contributed by atoms with Crippen LogP contribution < -0.4 is 10.1 Å². The zero-order valence-electron chi connectivity index (χ0n) is 10.4. The molecule has 0 saturated heterocycles. The molecular formula is C11H10F5NO3. The molecule has 1 N–H and O–H groups in total. The highest BCUT2D eigenvalue weighted by Crippen LogP contribution is 2.29. The van der Waals surface area contributed by atoms with Gasteiger partial charge in [0, 0.05) is 0 Å². The van der Waals surface area contributed by atoms with Crippen molar-refractivity contribution in [1.82, 2.24) is 5.32 Å². The van der Waals surface area contributed by atoms with Crippen LogP contribution in [-0.2, 0) is 9.53 Å². The molecule has 0 saturated carbocycles. The minimum atomic E-state index is -2.29. The van der Waals surface area contributed by atoms with E-state index in [1.165, 1.54) is 7.05 Å². The lowest BCUT2D eigenvalue weighted by Gasteiger charge is -2.15. The molecule has 0 aromatic heterocycles. The highest BCUT2D eigenvalue weighted by Gasteiger charge is 2.28. The smallest absolute Gasteiger partial charge is 0.326 e. The SMILES string of the molecule is CNC(COc1c(F)c(F)c(F)c(F)c1F)C(=O)OC. The van der Waals surface area contributed by atoms with Gasteiger partial charge in [0.05, 0.1) is 7.11 Å². The van der Waals surface area contributed by atoms with E-state index in [2.05, 4.69) is 14.8 Å². The van der Waals surface area contributed by atoms with Crippen molar-refractivity contribution >= 4 is 5.97 Å². The molecule has 0 spiro atoms. The summed E-state index contributed by atoms with van der Waals surface area (Å²) in [6.07, 6.45) is 0. The summed E-state index contributed by atoms with van der Waals surface area (Å²) >= 11 is 0. The number of carbonyl (C=O) groups excluding carboxylic acids is 1. The van der Waals surface area contributed by atoms with Crippen molar-refractivity contribution in [1.29, 1.82) is 0 Å². The standard InChI is InChI=1S/C11H10F5NO3/c1-17-4(11(18)19-2)3-20-10-8(15)6(13)5(12)7(14)9(10)16/h4,17H,3H2,1-2H3. The molecule has 1 rings (SSSR count). The fourth-order valence-electron chi connectivity index (χ4n) is 1.29. The highest BCUT2D eigenvalue weighted by atomic mass is 19.2. The largest absolute Gasteiger partial charge is 0.485 e. The quantitative estimate of drug-likeness (QED) is 0.388. The van der Waals surface area contributed by atoms with E-state index in [4.69, 9.17) is 0 Å². The number of rotatable bonds is 5. The fourth-order valence-corrected chi connectivity index (χ4v) is 1.29. The first-order chi connectivity index (χ1) is 9.34. The summed E-state index contributed by atoms with van der Waals surface area (Å²) in [5.74, 6) is -13.0. The molecule has 112 valence electrons. The molecule has 0 bridgehead atoms. The third-order valence-corrected chi connectivity index (χ3v) is 2.40. The van der Waals surface area contributed by atoms with Crippen LogP contribution >= 0.6 is 0 Å². The molecule has 0 aliphatic heterocycles. The molecule has 0 aliphatic carbocycles. The molecule has 0 heterocycles. The molecule has 1 unspecified atom stereocenters. The molecule has 0 fully saturated rings. The van der Waals surface area contributed by atoms with Crippen LogP contribution in [0, 0.1) is 29.1 Å². The summed E-state index contributed by atoms with van der Waals surface area (Å²) in [5.41, 5.74) is 0. The van der Waals surface area contributed by atoms with E-state index < -0.39 is 53.5 Å². The summed E-state index contributed by atoms with van der Waals surface area (Å²) in [5, 5.41) is 2.40. The number of carbonyl (C=O) groups is 1. The Hall–Kier alpha value is -1.90. The number of halogens is 5. The molecule has 0 aliphatic rings. The lowest BCUT2D eigenvalue weighted by Crippen LogP contribution is -2.40. The Balaban J connectivity index is 3.02. The van der Waals surface area contributed by atoms with E-state index in [9.17, 15) is 26.7 Å². The van der Waals surface area contributed by atoms with Crippen molar-refractivity contribution in [3.05, 3.63) is 29.1 Å². The summed E-state index contributed by atoms with van der Waals surface area (Å²) in [6.45, 7) is -0.679. The number of ether oxygens (including phenoxy) is 2. The zero-order valence-corrected chi connectivity index (χ0v) is 10.4. The van der Waals surface area contributed by atoms with Gasteiger partial charge in [-0.2, -0.15) is 8.78 Å². The van der Waals surface area contributed by atoms with Gasteiger partial charge in [0.25, 0.3) is 0 Å². The summed E-state index contributed by atoms with van der Waals surface area (Å²) < 4.78 is 73.9. The van der Waals surface area contributed by atoms with Crippen molar-refractivity contribution in [2.45, 2.75) is 6.04 Å². The van der Waals surface area contributed by atoms with Crippen LogP contribution in [0.25, 0.3) is 0 Å². The maximum absolute atomic E-state index is 13.3. The molecule has 0 amide bonds. The van der Waals surface area contributed by atoms with Gasteiger partial charge in [-0.3, -0.25) is 4.79 Å². The van der Waals surface area contributed by atoms with Crippen LogP contribution in [0.2, 0.25) is 0 Å². The monoisotopic (exact) mass is 299 g/mol. The molecule has 4 nitrogen and oxygen atoms in total. The van der Waals surface area contributed by atoms with Gasteiger partial charge in [-0.05, 0) is 7.05 Å². The molecule has 1 atom stereocenters. The first kappa shape index (κ1) is 16.2. The summed E-state index contributed by atoms with van der Waals surface area (Å²) in [6, 6.07) is -1.13. The van der Waals surface area contributed by atoms with E-state index >= 15 is 0 Å². The minimum Gasteiger partial charge on any atom is -0.485 e. The van der Waals surface area contributed by atoms with Crippen LogP contribution in [0.3, 0.4) is 0 Å². The molecule has 1 aromatic rings. The first-order valence-corrected chi connectivity index (χ1v) is 5.24. The predicted octanol–water partition coefficient (Wildman–Crippen LogP) is 1.52. The van der Waals surface area contributed by atoms with Crippen molar-refractivity contribution in [2.24, 2.45) is 0 Å². The van der Waals surface area contributed by atoms with Crippen LogP contribution in [0.5, 0.6) is 5.75 Å². The van der Waals surface area contributed by atoms with Crippen LogP contribution in [-0.4, -0.2) is 32.8 Å². The van der Waals surface area contributed by atoms with Crippen molar-refractivity contribution in [3.8, 4) is 5.75 Å². The maximum Gasteiger partial charge on any atom is 0.326 e. The van der Waals surface area contributed by atoms with Crippen LogP contribution in [0.1, 0.15) is 0 Å².